The molecule has 80 valence electrons. The second-order valence-corrected chi connectivity index (χ2v) is 4.39. The number of carbonyl (C=O) groups is 1. The SMILES string of the molecule is C=CC(=O)OC(C)(C)CC1(CC)CO1. The van der Waals surface area contributed by atoms with Crippen LogP contribution >= 0.6 is 0 Å². The molecule has 0 spiro atoms. The highest BCUT2D eigenvalue weighted by molar-refractivity contribution is 5.81. The Morgan fingerprint density at radius 1 is 1.71 bits per heavy atom. The van der Waals surface area contributed by atoms with Crippen molar-refractivity contribution in [3.05, 3.63) is 12.7 Å². The van der Waals surface area contributed by atoms with Crippen LogP contribution in [-0.4, -0.2) is 23.8 Å². The standard InChI is InChI=1S/C11H18O3/c1-5-9(12)14-10(3,4)7-11(6-2)8-13-11/h5H,1,6-8H2,2-4H3. The first-order valence-corrected chi connectivity index (χ1v) is 4.92. The maximum absolute atomic E-state index is 11.0. The predicted molar refractivity (Wildman–Crippen MR) is 54.0 cm³/mol. The molecular weight excluding hydrogens is 180 g/mol. The number of carbonyl (C=O) groups excluding carboxylic acids is 1. The first kappa shape index (κ1) is 11.2. The lowest BCUT2D eigenvalue weighted by Crippen LogP contribution is -2.33. The molecule has 3 heteroatoms. The normalized spacial score (nSPS) is 25.6. The topological polar surface area (TPSA) is 38.8 Å². The summed E-state index contributed by atoms with van der Waals surface area (Å²) in [6.07, 6.45) is 2.90. The lowest BCUT2D eigenvalue weighted by molar-refractivity contribution is -0.151. The van der Waals surface area contributed by atoms with Gasteiger partial charge >= 0.3 is 5.97 Å². The molecule has 3 nitrogen and oxygen atoms in total. The summed E-state index contributed by atoms with van der Waals surface area (Å²) < 4.78 is 10.6. The number of esters is 1. The molecule has 0 radical (unpaired) electrons. The summed E-state index contributed by atoms with van der Waals surface area (Å²) >= 11 is 0. The van der Waals surface area contributed by atoms with Crippen LogP contribution in [0.25, 0.3) is 0 Å². The second-order valence-electron chi connectivity index (χ2n) is 4.39. The van der Waals surface area contributed by atoms with E-state index in [2.05, 4.69) is 13.5 Å². The van der Waals surface area contributed by atoms with Crippen molar-refractivity contribution in [3.63, 3.8) is 0 Å². The molecule has 1 saturated heterocycles. The molecule has 0 saturated carbocycles. The van der Waals surface area contributed by atoms with Crippen LogP contribution in [0.3, 0.4) is 0 Å². The van der Waals surface area contributed by atoms with Gasteiger partial charge in [0.1, 0.15) is 5.60 Å². The van der Waals surface area contributed by atoms with Crippen molar-refractivity contribution in [1.82, 2.24) is 0 Å². The maximum atomic E-state index is 11.0. The molecule has 1 aliphatic rings. The van der Waals surface area contributed by atoms with E-state index in [1.54, 1.807) is 0 Å². The lowest BCUT2D eigenvalue weighted by atomic mass is 9.92. The molecule has 1 fully saturated rings. The average Bonchev–Trinajstić information content (AvgIpc) is 2.83. The van der Waals surface area contributed by atoms with Gasteiger partial charge in [-0.1, -0.05) is 13.5 Å². The van der Waals surface area contributed by atoms with Gasteiger partial charge < -0.3 is 9.47 Å². The smallest absolute Gasteiger partial charge is 0.330 e. The van der Waals surface area contributed by atoms with Crippen molar-refractivity contribution in [2.24, 2.45) is 0 Å². The van der Waals surface area contributed by atoms with Crippen molar-refractivity contribution in [1.29, 1.82) is 0 Å². The fraction of sp³-hybridized carbons (Fsp3) is 0.727. The number of ether oxygens (including phenoxy) is 2. The predicted octanol–water partition coefficient (Wildman–Crippen LogP) is 2.06. The zero-order chi connectivity index (χ0) is 10.8. The van der Waals surface area contributed by atoms with Crippen LogP contribution in [-0.2, 0) is 14.3 Å². The van der Waals surface area contributed by atoms with E-state index in [1.165, 1.54) is 6.08 Å². The van der Waals surface area contributed by atoms with E-state index in [1.807, 2.05) is 13.8 Å². The summed E-state index contributed by atoms with van der Waals surface area (Å²) in [5.74, 6) is -0.373. The minimum atomic E-state index is -0.474. The van der Waals surface area contributed by atoms with E-state index < -0.39 is 5.60 Å². The molecule has 0 bridgehead atoms. The monoisotopic (exact) mass is 198 g/mol. The molecule has 1 unspecified atom stereocenters. The van der Waals surface area contributed by atoms with Crippen LogP contribution < -0.4 is 0 Å². The Kier molecular flexibility index (Phi) is 3.00. The van der Waals surface area contributed by atoms with Crippen molar-refractivity contribution in [2.75, 3.05) is 6.61 Å². The molecule has 0 aromatic heterocycles. The summed E-state index contributed by atoms with van der Waals surface area (Å²) in [5.41, 5.74) is -0.525. The molecule has 1 atom stereocenters. The van der Waals surface area contributed by atoms with Crippen molar-refractivity contribution >= 4 is 5.97 Å². The number of hydrogen-bond acceptors (Lipinski definition) is 3. The van der Waals surface area contributed by atoms with Crippen LogP contribution in [0.4, 0.5) is 0 Å². The Morgan fingerprint density at radius 3 is 2.64 bits per heavy atom. The van der Waals surface area contributed by atoms with Crippen LogP contribution in [0.1, 0.15) is 33.6 Å². The van der Waals surface area contributed by atoms with Gasteiger partial charge in [-0.05, 0) is 20.3 Å². The van der Waals surface area contributed by atoms with E-state index in [4.69, 9.17) is 9.47 Å². The van der Waals surface area contributed by atoms with Gasteiger partial charge in [-0.25, -0.2) is 4.79 Å². The zero-order valence-electron chi connectivity index (χ0n) is 9.13. The second kappa shape index (κ2) is 3.73. The van der Waals surface area contributed by atoms with Crippen molar-refractivity contribution in [3.8, 4) is 0 Å². The molecule has 0 aromatic rings. The number of epoxide rings is 1. The molecule has 1 rings (SSSR count). The number of hydrogen-bond donors (Lipinski definition) is 0. The Balaban J connectivity index is 2.48. The number of rotatable bonds is 5. The molecule has 1 aliphatic heterocycles. The minimum absolute atomic E-state index is 0.0506. The van der Waals surface area contributed by atoms with Crippen molar-refractivity contribution < 1.29 is 14.3 Å². The maximum Gasteiger partial charge on any atom is 0.330 e. The molecular formula is C11H18O3. The Labute approximate surface area is 85.1 Å². The summed E-state index contributed by atoms with van der Waals surface area (Å²) in [4.78, 5) is 11.0. The lowest BCUT2D eigenvalue weighted by Gasteiger charge is -2.27. The first-order valence-electron chi connectivity index (χ1n) is 4.92. The molecule has 0 aliphatic carbocycles. The minimum Gasteiger partial charge on any atom is -0.456 e. The third kappa shape index (κ3) is 2.84. The Hall–Kier alpha value is -0.830. The van der Waals surface area contributed by atoms with Gasteiger partial charge in [-0.2, -0.15) is 0 Å². The van der Waals surface area contributed by atoms with Gasteiger partial charge in [0.05, 0.1) is 12.2 Å². The molecule has 0 amide bonds. The van der Waals surface area contributed by atoms with E-state index in [0.29, 0.717) is 0 Å². The highest BCUT2D eigenvalue weighted by Crippen LogP contribution is 2.39. The summed E-state index contributed by atoms with van der Waals surface area (Å²) in [6.45, 7) is 10.0. The fourth-order valence-electron chi connectivity index (χ4n) is 1.66. The zero-order valence-corrected chi connectivity index (χ0v) is 9.13. The fourth-order valence-corrected chi connectivity index (χ4v) is 1.66. The quantitative estimate of drug-likeness (QED) is 0.385. The average molecular weight is 198 g/mol. The molecule has 0 aromatic carbocycles. The molecule has 14 heavy (non-hydrogen) atoms. The van der Waals surface area contributed by atoms with E-state index in [-0.39, 0.29) is 11.6 Å². The third-order valence-electron chi connectivity index (χ3n) is 2.49. The van der Waals surface area contributed by atoms with Crippen LogP contribution in [0.15, 0.2) is 12.7 Å². The third-order valence-corrected chi connectivity index (χ3v) is 2.49. The summed E-state index contributed by atoms with van der Waals surface area (Å²) in [5, 5.41) is 0. The van der Waals surface area contributed by atoms with E-state index >= 15 is 0 Å². The largest absolute Gasteiger partial charge is 0.456 e. The van der Waals surface area contributed by atoms with E-state index in [0.717, 1.165) is 19.4 Å². The Bertz CT molecular complexity index is 239. The molecule has 1 heterocycles. The van der Waals surface area contributed by atoms with Gasteiger partial charge in [0, 0.05) is 12.5 Å². The van der Waals surface area contributed by atoms with Gasteiger partial charge in [-0.3, -0.25) is 0 Å². The van der Waals surface area contributed by atoms with Gasteiger partial charge in [0.15, 0.2) is 0 Å². The van der Waals surface area contributed by atoms with Gasteiger partial charge in [0.2, 0.25) is 0 Å². The van der Waals surface area contributed by atoms with Gasteiger partial charge in [0.25, 0.3) is 0 Å². The van der Waals surface area contributed by atoms with Crippen LogP contribution in [0.5, 0.6) is 0 Å². The van der Waals surface area contributed by atoms with Crippen LogP contribution in [0.2, 0.25) is 0 Å². The van der Waals surface area contributed by atoms with Crippen LogP contribution in [0, 0.1) is 0 Å². The summed E-state index contributed by atoms with van der Waals surface area (Å²) in [7, 11) is 0. The van der Waals surface area contributed by atoms with Gasteiger partial charge in [-0.15, -0.1) is 0 Å². The molecule has 0 N–H and O–H groups in total. The van der Waals surface area contributed by atoms with Crippen molar-refractivity contribution in [2.45, 2.75) is 44.8 Å². The first-order chi connectivity index (χ1) is 6.43. The highest BCUT2D eigenvalue weighted by atomic mass is 16.6. The Morgan fingerprint density at radius 2 is 2.29 bits per heavy atom. The highest BCUT2D eigenvalue weighted by Gasteiger charge is 2.47. The van der Waals surface area contributed by atoms with E-state index in [9.17, 15) is 4.79 Å². The summed E-state index contributed by atoms with van der Waals surface area (Å²) in [6, 6.07) is 0.